The van der Waals surface area contributed by atoms with Gasteiger partial charge in [-0.25, -0.2) is 0 Å². The van der Waals surface area contributed by atoms with E-state index in [1.807, 2.05) is 12.1 Å². The molecule has 1 aromatic heterocycles. The summed E-state index contributed by atoms with van der Waals surface area (Å²) in [5.74, 6) is -1.41. The Morgan fingerprint density at radius 3 is 2.61 bits per heavy atom. The number of aryl methyl sites for hydroxylation is 1. The van der Waals surface area contributed by atoms with E-state index in [2.05, 4.69) is 0 Å². The maximum Gasteiger partial charge on any atom is 0.417 e. The minimum Gasteiger partial charge on any atom is -0.454 e. The summed E-state index contributed by atoms with van der Waals surface area (Å²) >= 11 is 0. The number of esters is 1. The monoisotopic (exact) mass is 394 g/mol. The fourth-order valence-corrected chi connectivity index (χ4v) is 3.02. The normalized spacial score (nSPS) is 13.8. The molecule has 0 fully saturated rings. The largest absolute Gasteiger partial charge is 0.454 e. The van der Waals surface area contributed by atoms with Crippen molar-refractivity contribution < 1.29 is 27.5 Å². The third-order valence-corrected chi connectivity index (χ3v) is 4.38. The van der Waals surface area contributed by atoms with Crippen molar-refractivity contribution >= 4 is 17.6 Å². The van der Waals surface area contributed by atoms with E-state index >= 15 is 0 Å². The van der Waals surface area contributed by atoms with Crippen LogP contribution in [0.3, 0.4) is 0 Å². The summed E-state index contributed by atoms with van der Waals surface area (Å²) in [6.45, 7) is -0.784. The van der Waals surface area contributed by atoms with Gasteiger partial charge in [-0.05, 0) is 30.5 Å². The van der Waals surface area contributed by atoms with Gasteiger partial charge in [-0.2, -0.15) is 13.2 Å². The van der Waals surface area contributed by atoms with E-state index in [1.54, 1.807) is 12.1 Å². The molecule has 9 heteroatoms. The van der Waals surface area contributed by atoms with Gasteiger partial charge in [0, 0.05) is 24.5 Å². The Balaban J connectivity index is 1.63. The second-order valence-electron chi connectivity index (χ2n) is 6.32. The van der Waals surface area contributed by atoms with Gasteiger partial charge >= 0.3 is 12.1 Å². The van der Waals surface area contributed by atoms with Crippen molar-refractivity contribution in [2.45, 2.75) is 25.6 Å². The van der Waals surface area contributed by atoms with E-state index in [0.29, 0.717) is 23.4 Å². The van der Waals surface area contributed by atoms with Gasteiger partial charge < -0.3 is 14.2 Å². The standard InChI is InChI=1S/C19H17F3N2O4/c20-19(21,22)14-7-8-16(25)23(10-14)11-18(27)28-12-17(26)24-9-3-5-13-4-1-2-6-15(13)24/h1-2,4,6-8,10H,3,5,9,11-12H2. The predicted octanol–water partition coefficient (Wildman–Crippen LogP) is 2.39. The van der Waals surface area contributed by atoms with E-state index in [0.717, 1.165) is 30.2 Å². The lowest BCUT2D eigenvalue weighted by Gasteiger charge is -2.29. The first-order valence-electron chi connectivity index (χ1n) is 8.57. The maximum absolute atomic E-state index is 12.7. The van der Waals surface area contributed by atoms with Crippen LogP contribution in [0.2, 0.25) is 0 Å². The zero-order valence-corrected chi connectivity index (χ0v) is 14.7. The minimum atomic E-state index is -4.64. The molecule has 2 aromatic rings. The molecule has 28 heavy (non-hydrogen) atoms. The molecule has 0 saturated carbocycles. The van der Waals surface area contributed by atoms with Gasteiger partial charge in [0.25, 0.3) is 11.5 Å². The highest BCUT2D eigenvalue weighted by molar-refractivity contribution is 5.96. The number of anilines is 1. The molecule has 0 saturated heterocycles. The van der Waals surface area contributed by atoms with Crippen molar-refractivity contribution in [3.05, 3.63) is 64.1 Å². The van der Waals surface area contributed by atoms with Crippen LogP contribution >= 0.6 is 0 Å². The molecule has 1 amide bonds. The molecule has 3 rings (SSSR count). The van der Waals surface area contributed by atoms with Gasteiger partial charge in [0.2, 0.25) is 0 Å². The number of aromatic nitrogens is 1. The van der Waals surface area contributed by atoms with Crippen LogP contribution in [-0.4, -0.2) is 29.6 Å². The average molecular weight is 394 g/mol. The van der Waals surface area contributed by atoms with Crippen LogP contribution in [0.4, 0.5) is 18.9 Å². The van der Waals surface area contributed by atoms with Crippen molar-refractivity contribution in [3.8, 4) is 0 Å². The van der Waals surface area contributed by atoms with Gasteiger partial charge in [0.1, 0.15) is 6.54 Å². The van der Waals surface area contributed by atoms with Crippen molar-refractivity contribution in [2.75, 3.05) is 18.1 Å². The number of nitrogens with zero attached hydrogens (tertiary/aromatic N) is 2. The number of amides is 1. The number of hydrogen-bond acceptors (Lipinski definition) is 4. The fraction of sp³-hybridized carbons (Fsp3) is 0.316. The second kappa shape index (κ2) is 7.87. The highest BCUT2D eigenvalue weighted by Crippen LogP contribution is 2.28. The summed E-state index contributed by atoms with van der Waals surface area (Å²) in [4.78, 5) is 37.5. The Bertz CT molecular complexity index is 953. The summed E-state index contributed by atoms with van der Waals surface area (Å²) in [6.07, 6.45) is -2.47. The fourth-order valence-electron chi connectivity index (χ4n) is 3.02. The quantitative estimate of drug-likeness (QED) is 0.747. The second-order valence-corrected chi connectivity index (χ2v) is 6.32. The van der Waals surface area contributed by atoms with Crippen molar-refractivity contribution in [1.82, 2.24) is 4.57 Å². The summed E-state index contributed by atoms with van der Waals surface area (Å²) in [5, 5.41) is 0. The number of rotatable bonds is 4. The Kier molecular flexibility index (Phi) is 5.53. The molecule has 0 unspecified atom stereocenters. The zero-order valence-electron chi connectivity index (χ0n) is 14.7. The molecule has 0 radical (unpaired) electrons. The maximum atomic E-state index is 12.7. The number of fused-ring (bicyclic) bond motifs is 1. The number of halogens is 3. The average Bonchev–Trinajstić information content (AvgIpc) is 2.66. The Labute approximate surface area is 158 Å². The van der Waals surface area contributed by atoms with Gasteiger partial charge in [-0.3, -0.25) is 14.4 Å². The van der Waals surface area contributed by atoms with Crippen LogP contribution in [0.15, 0.2) is 47.4 Å². The van der Waals surface area contributed by atoms with Crippen LogP contribution in [0, 0.1) is 0 Å². The number of hydrogen-bond donors (Lipinski definition) is 0. The smallest absolute Gasteiger partial charge is 0.417 e. The molecule has 148 valence electrons. The third-order valence-electron chi connectivity index (χ3n) is 4.38. The molecule has 0 aliphatic carbocycles. The molecule has 0 bridgehead atoms. The molecular formula is C19H17F3N2O4. The summed E-state index contributed by atoms with van der Waals surface area (Å²) in [7, 11) is 0. The third kappa shape index (κ3) is 4.41. The molecule has 0 atom stereocenters. The van der Waals surface area contributed by atoms with E-state index in [4.69, 9.17) is 4.74 Å². The van der Waals surface area contributed by atoms with Gasteiger partial charge in [0.15, 0.2) is 6.61 Å². The van der Waals surface area contributed by atoms with Crippen molar-refractivity contribution in [3.63, 3.8) is 0 Å². The highest BCUT2D eigenvalue weighted by Gasteiger charge is 2.31. The topological polar surface area (TPSA) is 68.6 Å². The summed E-state index contributed by atoms with van der Waals surface area (Å²) < 4.78 is 43.7. The molecule has 0 N–H and O–H groups in total. The summed E-state index contributed by atoms with van der Waals surface area (Å²) in [5.41, 5.74) is -0.0602. The van der Waals surface area contributed by atoms with Crippen LogP contribution in [0.1, 0.15) is 17.5 Å². The first-order chi connectivity index (χ1) is 13.3. The lowest BCUT2D eigenvalue weighted by Crippen LogP contribution is -2.38. The number of para-hydroxylation sites is 1. The van der Waals surface area contributed by atoms with Crippen LogP contribution in [0.25, 0.3) is 0 Å². The number of benzene rings is 1. The van der Waals surface area contributed by atoms with Gasteiger partial charge in [-0.1, -0.05) is 18.2 Å². The van der Waals surface area contributed by atoms with Crippen LogP contribution in [-0.2, 0) is 33.5 Å². The highest BCUT2D eigenvalue weighted by atomic mass is 19.4. The molecule has 1 aliphatic rings. The molecule has 6 nitrogen and oxygen atoms in total. The number of carbonyl (C=O) groups is 2. The van der Waals surface area contributed by atoms with E-state index in [-0.39, 0.29) is 0 Å². The molecular weight excluding hydrogens is 377 g/mol. The Hall–Kier alpha value is -3.10. The molecule has 1 aromatic carbocycles. The van der Waals surface area contributed by atoms with Crippen molar-refractivity contribution in [1.29, 1.82) is 0 Å². The number of ether oxygens (including phenoxy) is 1. The Morgan fingerprint density at radius 2 is 1.86 bits per heavy atom. The number of pyridine rings is 1. The zero-order chi connectivity index (χ0) is 20.3. The van der Waals surface area contributed by atoms with Gasteiger partial charge in [0.05, 0.1) is 5.56 Å². The summed E-state index contributed by atoms with van der Waals surface area (Å²) in [6, 6.07) is 8.76. The van der Waals surface area contributed by atoms with E-state index < -0.39 is 42.3 Å². The molecule has 2 heterocycles. The lowest BCUT2D eigenvalue weighted by molar-refractivity contribution is -0.148. The first kappa shape index (κ1) is 19.7. The minimum absolute atomic E-state index is 0.433. The Morgan fingerprint density at radius 1 is 1.11 bits per heavy atom. The first-order valence-corrected chi connectivity index (χ1v) is 8.57. The molecule has 1 aliphatic heterocycles. The van der Waals surface area contributed by atoms with Gasteiger partial charge in [-0.15, -0.1) is 0 Å². The number of carbonyl (C=O) groups excluding carboxylic acids is 2. The lowest BCUT2D eigenvalue weighted by atomic mass is 10.0. The predicted molar refractivity (Wildman–Crippen MR) is 93.8 cm³/mol. The van der Waals surface area contributed by atoms with Crippen LogP contribution in [0.5, 0.6) is 0 Å². The van der Waals surface area contributed by atoms with E-state index in [9.17, 15) is 27.6 Å². The number of alkyl halides is 3. The SMILES string of the molecule is O=C(Cn1cc(C(F)(F)F)ccc1=O)OCC(=O)N1CCCc2ccccc21. The molecule has 0 spiro atoms. The van der Waals surface area contributed by atoms with Crippen molar-refractivity contribution in [2.24, 2.45) is 0 Å². The van der Waals surface area contributed by atoms with Crippen LogP contribution < -0.4 is 10.5 Å². The van der Waals surface area contributed by atoms with E-state index in [1.165, 1.54) is 4.90 Å².